The summed E-state index contributed by atoms with van der Waals surface area (Å²) in [7, 11) is 1.54. The third kappa shape index (κ3) is 3.56. The predicted octanol–water partition coefficient (Wildman–Crippen LogP) is 4.65. The molecule has 0 bridgehead atoms. The van der Waals surface area contributed by atoms with Crippen LogP contribution in [0.5, 0.6) is 5.75 Å². The van der Waals surface area contributed by atoms with Gasteiger partial charge in [0, 0.05) is 5.02 Å². The van der Waals surface area contributed by atoms with Gasteiger partial charge in [0.1, 0.15) is 5.75 Å². The Morgan fingerprint density at radius 1 is 1.05 bits per heavy atom. The van der Waals surface area contributed by atoms with E-state index in [1.807, 2.05) is 6.07 Å². The van der Waals surface area contributed by atoms with E-state index in [2.05, 4.69) is 10.6 Å². The van der Waals surface area contributed by atoms with Crippen molar-refractivity contribution < 1.29 is 9.53 Å². The number of carbonyl (C=O) groups is 1. The van der Waals surface area contributed by atoms with Gasteiger partial charge in [0.25, 0.3) is 0 Å². The lowest BCUT2D eigenvalue weighted by Crippen LogP contribution is -2.20. The van der Waals surface area contributed by atoms with Crippen LogP contribution in [0.4, 0.5) is 16.2 Å². The number of urea groups is 1. The molecule has 0 radical (unpaired) electrons. The van der Waals surface area contributed by atoms with Crippen molar-refractivity contribution in [2.24, 2.45) is 0 Å². The van der Waals surface area contributed by atoms with Gasteiger partial charge in [-0.25, -0.2) is 4.79 Å². The molecule has 6 heteroatoms. The highest BCUT2D eigenvalue weighted by molar-refractivity contribution is 6.36. The second-order valence-corrected chi connectivity index (χ2v) is 4.75. The first kappa shape index (κ1) is 14.5. The Hall–Kier alpha value is -1.91. The Balaban J connectivity index is 2.09. The fraction of sp³-hybridized carbons (Fsp3) is 0.0714. The maximum Gasteiger partial charge on any atom is 0.323 e. The number of ether oxygens (including phenoxy) is 1. The Morgan fingerprint density at radius 2 is 1.75 bits per heavy atom. The number of para-hydroxylation sites is 2. The summed E-state index contributed by atoms with van der Waals surface area (Å²) in [5.41, 5.74) is 1.04. The molecule has 0 aromatic heterocycles. The topological polar surface area (TPSA) is 50.4 Å². The van der Waals surface area contributed by atoms with E-state index in [0.29, 0.717) is 27.2 Å². The van der Waals surface area contributed by atoms with Crippen LogP contribution in [0.3, 0.4) is 0 Å². The summed E-state index contributed by atoms with van der Waals surface area (Å²) in [6, 6.07) is 11.5. The van der Waals surface area contributed by atoms with Gasteiger partial charge in [-0.15, -0.1) is 0 Å². The smallest absolute Gasteiger partial charge is 0.323 e. The van der Waals surface area contributed by atoms with Crippen molar-refractivity contribution in [3.63, 3.8) is 0 Å². The molecule has 104 valence electrons. The Bertz CT molecular complexity index is 632. The molecule has 0 aliphatic carbocycles. The molecular weight excluding hydrogens is 299 g/mol. The number of hydrogen-bond donors (Lipinski definition) is 2. The van der Waals surface area contributed by atoms with Crippen molar-refractivity contribution in [2.45, 2.75) is 0 Å². The maximum absolute atomic E-state index is 11.9. The number of anilines is 2. The summed E-state index contributed by atoms with van der Waals surface area (Å²) in [6.07, 6.45) is 0. The van der Waals surface area contributed by atoms with Crippen molar-refractivity contribution in [2.75, 3.05) is 17.7 Å². The summed E-state index contributed by atoms with van der Waals surface area (Å²) in [6.45, 7) is 0. The van der Waals surface area contributed by atoms with Crippen LogP contribution >= 0.6 is 23.2 Å². The van der Waals surface area contributed by atoms with E-state index in [1.54, 1.807) is 36.4 Å². The molecule has 0 atom stereocenters. The lowest BCUT2D eigenvalue weighted by molar-refractivity contribution is 0.262. The van der Waals surface area contributed by atoms with E-state index in [0.717, 1.165) is 0 Å². The third-order valence-corrected chi connectivity index (χ3v) is 3.08. The lowest BCUT2D eigenvalue weighted by atomic mass is 10.3. The number of benzene rings is 2. The van der Waals surface area contributed by atoms with Crippen molar-refractivity contribution in [3.05, 3.63) is 52.5 Å². The summed E-state index contributed by atoms with van der Waals surface area (Å²) in [4.78, 5) is 11.9. The average molecular weight is 311 g/mol. The molecule has 2 aromatic rings. The van der Waals surface area contributed by atoms with Gasteiger partial charge in [-0.3, -0.25) is 0 Å². The minimum absolute atomic E-state index is 0.368. The van der Waals surface area contributed by atoms with Gasteiger partial charge < -0.3 is 15.4 Å². The molecule has 0 saturated heterocycles. The molecule has 0 heterocycles. The SMILES string of the molecule is COc1ccccc1NC(=O)Nc1ccc(Cl)cc1Cl. The highest BCUT2D eigenvalue weighted by Crippen LogP contribution is 2.26. The molecular formula is C14H12Cl2N2O2. The van der Waals surface area contributed by atoms with Crippen LogP contribution in [-0.2, 0) is 0 Å². The maximum atomic E-state index is 11.9. The Morgan fingerprint density at radius 3 is 2.45 bits per heavy atom. The quantitative estimate of drug-likeness (QED) is 0.867. The zero-order chi connectivity index (χ0) is 14.5. The van der Waals surface area contributed by atoms with Gasteiger partial charge in [0.05, 0.1) is 23.5 Å². The first-order valence-electron chi connectivity index (χ1n) is 5.76. The van der Waals surface area contributed by atoms with Crippen LogP contribution in [0.2, 0.25) is 10.0 Å². The lowest BCUT2D eigenvalue weighted by Gasteiger charge is -2.11. The van der Waals surface area contributed by atoms with Gasteiger partial charge in [-0.1, -0.05) is 35.3 Å². The molecule has 20 heavy (non-hydrogen) atoms. The number of hydrogen-bond acceptors (Lipinski definition) is 2. The molecule has 0 aliphatic rings. The highest BCUT2D eigenvalue weighted by atomic mass is 35.5. The van der Waals surface area contributed by atoms with E-state index in [-0.39, 0.29) is 0 Å². The molecule has 2 aromatic carbocycles. The molecule has 0 saturated carbocycles. The van der Waals surface area contributed by atoms with E-state index in [1.165, 1.54) is 7.11 Å². The fourth-order valence-corrected chi connectivity index (χ4v) is 2.07. The van der Waals surface area contributed by atoms with Crippen molar-refractivity contribution >= 4 is 40.6 Å². The molecule has 2 rings (SSSR count). The standard InChI is InChI=1S/C14H12Cl2N2O2/c1-20-13-5-3-2-4-12(13)18-14(19)17-11-7-6-9(15)8-10(11)16/h2-8H,1H3,(H2,17,18,19). The van der Waals surface area contributed by atoms with Crippen molar-refractivity contribution in [1.29, 1.82) is 0 Å². The number of halogens is 2. The highest BCUT2D eigenvalue weighted by Gasteiger charge is 2.09. The van der Waals surface area contributed by atoms with Crippen LogP contribution in [-0.4, -0.2) is 13.1 Å². The van der Waals surface area contributed by atoms with E-state index < -0.39 is 6.03 Å². The Kier molecular flexibility index (Phi) is 4.71. The molecule has 0 aliphatic heterocycles. The van der Waals surface area contributed by atoms with Crippen molar-refractivity contribution in [1.82, 2.24) is 0 Å². The summed E-state index contributed by atoms with van der Waals surface area (Å²) in [5, 5.41) is 6.20. The number of nitrogens with one attached hydrogen (secondary N) is 2. The van der Waals surface area contributed by atoms with Crippen molar-refractivity contribution in [3.8, 4) is 5.75 Å². The summed E-state index contributed by atoms with van der Waals surface area (Å²) in [5.74, 6) is 0.574. The van der Waals surface area contributed by atoms with Crippen LogP contribution in [0.15, 0.2) is 42.5 Å². The number of amides is 2. The molecule has 2 amide bonds. The van der Waals surface area contributed by atoms with Crippen LogP contribution in [0, 0.1) is 0 Å². The van der Waals surface area contributed by atoms with E-state index >= 15 is 0 Å². The van der Waals surface area contributed by atoms with E-state index in [4.69, 9.17) is 27.9 Å². The minimum atomic E-state index is -0.418. The second-order valence-electron chi connectivity index (χ2n) is 3.90. The normalized spacial score (nSPS) is 9.95. The van der Waals surface area contributed by atoms with Gasteiger partial charge >= 0.3 is 6.03 Å². The molecule has 0 unspecified atom stereocenters. The average Bonchev–Trinajstić information content (AvgIpc) is 2.42. The summed E-state index contributed by atoms with van der Waals surface area (Å²) < 4.78 is 5.15. The number of rotatable bonds is 3. The number of carbonyl (C=O) groups excluding carboxylic acids is 1. The van der Waals surface area contributed by atoms with Gasteiger partial charge in [-0.05, 0) is 30.3 Å². The molecule has 0 fully saturated rings. The van der Waals surface area contributed by atoms with E-state index in [9.17, 15) is 4.79 Å². The second kappa shape index (κ2) is 6.50. The largest absolute Gasteiger partial charge is 0.495 e. The van der Waals surface area contributed by atoms with Gasteiger partial charge in [0.2, 0.25) is 0 Å². The molecule has 2 N–H and O–H groups in total. The van der Waals surface area contributed by atoms with Gasteiger partial charge in [0.15, 0.2) is 0 Å². The van der Waals surface area contributed by atoms with Crippen LogP contribution in [0.25, 0.3) is 0 Å². The molecule has 0 spiro atoms. The first-order chi connectivity index (χ1) is 9.60. The van der Waals surface area contributed by atoms with Crippen LogP contribution < -0.4 is 15.4 Å². The fourth-order valence-electron chi connectivity index (χ4n) is 1.61. The third-order valence-electron chi connectivity index (χ3n) is 2.53. The Labute approximate surface area is 126 Å². The monoisotopic (exact) mass is 310 g/mol. The predicted molar refractivity (Wildman–Crippen MR) is 82.1 cm³/mol. The van der Waals surface area contributed by atoms with Gasteiger partial charge in [-0.2, -0.15) is 0 Å². The van der Waals surface area contributed by atoms with Crippen LogP contribution in [0.1, 0.15) is 0 Å². The number of methoxy groups -OCH3 is 1. The first-order valence-corrected chi connectivity index (χ1v) is 6.52. The zero-order valence-corrected chi connectivity index (χ0v) is 12.1. The summed E-state index contributed by atoms with van der Waals surface area (Å²) >= 11 is 11.8. The zero-order valence-electron chi connectivity index (χ0n) is 10.6. The minimum Gasteiger partial charge on any atom is -0.495 e. The molecule has 4 nitrogen and oxygen atoms in total.